The molecule has 16 heavy (non-hydrogen) atoms. The number of nitrogens with zero attached hydrogens (tertiary/aromatic N) is 2. The average molecular weight is 221 g/mol. The highest BCUT2D eigenvalue weighted by Crippen LogP contribution is 2.01. The Balaban J connectivity index is 2.48. The van der Waals surface area contributed by atoms with Crippen molar-refractivity contribution in [1.29, 1.82) is 0 Å². The zero-order chi connectivity index (χ0) is 12.1. The number of rotatable bonds is 4. The summed E-state index contributed by atoms with van der Waals surface area (Å²) in [5, 5.41) is 6.92. The van der Waals surface area contributed by atoms with Crippen LogP contribution in [-0.2, 0) is 11.8 Å². The molecule has 1 amide bonds. The van der Waals surface area contributed by atoms with Gasteiger partial charge in [-0.15, -0.1) is 0 Å². The summed E-state index contributed by atoms with van der Waals surface area (Å²) in [5.74, 6) is 0.376. The summed E-state index contributed by atoms with van der Waals surface area (Å²) in [5.41, 5.74) is 0.926. The van der Waals surface area contributed by atoms with E-state index in [1.165, 1.54) is 6.08 Å². The molecule has 0 aliphatic heterocycles. The van der Waals surface area contributed by atoms with E-state index in [0.29, 0.717) is 5.92 Å². The number of carbonyl (C=O) groups excluding carboxylic acids is 1. The van der Waals surface area contributed by atoms with E-state index in [4.69, 9.17) is 0 Å². The van der Waals surface area contributed by atoms with Gasteiger partial charge >= 0.3 is 0 Å². The van der Waals surface area contributed by atoms with Gasteiger partial charge < -0.3 is 5.32 Å². The Bertz CT molecular complexity index is 379. The fourth-order valence-corrected chi connectivity index (χ4v) is 1.14. The minimum Gasteiger partial charge on any atom is -0.350 e. The Hall–Kier alpha value is -1.58. The molecule has 4 heteroatoms. The topological polar surface area (TPSA) is 46.9 Å². The molecule has 0 aliphatic carbocycles. The second-order valence-corrected chi connectivity index (χ2v) is 4.32. The molecule has 0 bridgehead atoms. The number of hydrogen-bond donors (Lipinski definition) is 1. The van der Waals surface area contributed by atoms with Gasteiger partial charge in [-0.25, -0.2) is 0 Å². The van der Waals surface area contributed by atoms with E-state index in [-0.39, 0.29) is 11.9 Å². The molecular formula is C12H19N3O. The average Bonchev–Trinajstić information content (AvgIpc) is 2.61. The Labute approximate surface area is 96.3 Å². The molecule has 0 aromatic carbocycles. The summed E-state index contributed by atoms with van der Waals surface area (Å²) in [6.07, 6.45) is 6.87. The summed E-state index contributed by atoms with van der Waals surface area (Å²) in [6, 6.07) is 0.186. The van der Waals surface area contributed by atoms with E-state index in [9.17, 15) is 4.79 Å². The Morgan fingerprint density at radius 3 is 2.69 bits per heavy atom. The smallest absolute Gasteiger partial charge is 0.244 e. The van der Waals surface area contributed by atoms with E-state index >= 15 is 0 Å². The number of aryl methyl sites for hydroxylation is 1. The maximum atomic E-state index is 11.5. The van der Waals surface area contributed by atoms with Gasteiger partial charge in [0.05, 0.1) is 6.20 Å². The van der Waals surface area contributed by atoms with Crippen LogP contribution in [0.5, 0.6) is 0 Å². The summed E-state index contributed by atoms with van der Waals surface area (Å²) in [6.45, 7) is 6.16. The molecule has 0 saturated heterocycles. The molecule has 4 nitrogen and oxygen atoms in total. The maximum Gasteiger partial charge on any atom is 0.244 e. The fraction of sp³-hybridized carbons (Fsp3) is 0.500. The summed E-state index contributed by atoms with van der Waals surface area (Å²) < 4.78 is 1.70. The molecule has 0 saturated carbocycles. The zero-order valence-electron chi connectivity index (χ0n) is 10.3. The van der Waals surface area contributed by atoms with Crippen LogP contribution in [0, 0.1) is 5.92 Å². The Morgan fingerprint density at radius 1 is 1.50 bits per heavy atom. The van der Waals surface area contributed by atoms with Crippen LogP contribution in [0.25, 0.3) is 6.08 Å². The summed E-state index contributed by atoms with van der Waals surface area (Å²) in [7, 11) is 1.85. The van der Waals surface area contributed by atoms with E-state index in [2.05, 4.69) is 24.3 Å². The van der Waals surface area contributed by atoms with Crippen LogP contribution in [0.1, 0.15) is 26.3 Å². The molecule has 1 unspecified atom stereocenters. The minimum atomic E-state index is -0.0648. The van der Waals surface area contributed by atoms with Crippen LogP contribution in [0.2, 0.25) is 0 Å². The molecule has 1 atom stereocenters. The van der Waals surface area contributed by atoms with Gasteiger partial charge in [0.25, 0.3) is 0 Å². The van der Waals surface area contributed by atoms with Crippen LogP contribution in [-0.4, -0.2) is 21.7 Å². The summed E-state index contributed by atoms with van der Waals surface area (Å²) >= 11 is 0. The summed E-state index contributed by atoms with van der Waals surface area (Å²) in [4.78, 5) is 11.5. The van der Waals surface area contributed by atoms with Gasteiger partial charge in [0.15, 0.2) is 0 Å². The minimum absolute atomic E-state index is 0.0648. The van der Waals surface area contributed by atoms with Gasteiger partial charge in [0.1, 0.15) is 0 Å². The van der Waals surface area contributed by atoms with E-state index in [1.807, 2.05) is 20.2 Å². The van der Waals surface area contributed by atoms with Crippen molar-refractivity contribution < 1.29 is 4.79 Å². The van der Waals surface area contributed by atoms with Crippen molar-refractivity contribution in [3.63, 3.8) is 0 Å². The molecule has 88 valence electrons. The Kier molecular flexibility index (Phi) is 4.28. The second-order valence-electron chi connectivity index (χ2n) is 4.32. The molecule has 1 N–H and O–H groups in total. The first-order chi connectivity index (χ1) is 7.49. The third-order valence-corrected chi connectivity index (χ3v) is 2.52. The number of nitrogens with one attached hydrogen (secondary N) is 1. The first-order valence-corrected chi connectivity index (χ1v) is 5.46. The van der Waals surface area contributed by atoms with Crippen LogP contribution in [0.4, 0.5) is 0 Å². The van der Waals surface area contributed by atoms with E-state index in [0.717, 1.165) is 5.56 Å². The molecule has 1 rings (SSSR count). The lowest BCUT2D eigenvalue weighted by atomic mass is 10.1. The van der Waals surface area contributed by atoms with Crippen LogP contribution >= 0.6 is 0 Å². The van der Waals surface area contributed by atoms with Crippen molar-refractivity contribution >= 4 is 12.0 Å². The van der Waals surface area contributed by atoms with Gasteiger partial charge in [0.2, 0.25) is 5.91 Å². The standard InChI is InChI=1S/C12H19N3O/c1-9(2)10(3)14-12(16)6-5-11-7-13-15(4)8-11/h5-10H,1-4H3,(H,14,16). The van der Waals surface area contributed by atoms with Crippen molar-refractivity contribution in [3.8, 4) is 0 Å². The highest BCUT2D eigenvalue weighted by Gasteiger charge is 2.08. The zero-order valence-corrected chi connectivity index (χ0v) is 10.3. The Morgan fingerprint density at radius 2 is 2.19 bits per heavy atom. The number of amides is 1. The normalized spacial score (nSPS) is 13.3. The van der Waals surface area contributed by atoms with Crippen molar-refractivity contribution in [2.24, 2.45) is 13.0 Å². The number of hydrogen-bond acceptors (Lipinski definition) is 2. The monoisotopic (exact) mass is 221 g/mol. The molecule has 1 aromatic heterocycles. The first kappa shape index (κ1) is 12.5. The van der Waals surface area contributed by atoms with Gasteiger partial charge in [-0.1, -0.05) is 13.8 Å². The molecule has 1 heterocycles. The number of aromatic nitrogens is 2. The quantitative estimate of drug-likeness (QED) is 0.785. The first-order valence-electron chi connectivity index (χ1n) is 5.46. The van der Waals surface area contributed by atoms with E-state index < -0.39 is 0 Å². The maximum absolute atomic E-state index is 11.5. The lowest BCUT2D eigenvalue weighted by Gasteiger charge is -2.15. The van der Waals surface area contributed by atoms with Crippen LogP contribution < -0.4 is 5.32 Å². The van der Waals surface area contributed by atoms with Crippen molar-refractivity contribution in [3.05, 3.63) is 24.0 Å². The van der Waals surface area contributed by atoms with Crippen molar-refractivity contribution in [2.75, 3.05) is 0 Å². The SMILES string of the molecule is CC(C)C(C)NC(=O)C=Cc1cnn(C)c1. The number of carbonyl (C=O) groups is 1. The third-order valence-electron chi connectivity index (χ3n) is 2.52. The van der Waals surface area contributed by atoms with Gasteiger partial charge in [-0.3, -0.25) is 9.48 Å². The lowest BCUT2D eigenvalue weighted by Crippen LogP contribution is -2.34. The van der Waals surface area contributed by atoms with Gasteiger partial charge in [0, 0.05) is 30.9 Å². The largest absolute Gasteiger partial charge is 0.350 e. The predicted molar refractivity (Wildman–Crippen MR) is 64.7 cm³/mol. The van der Waals surface area contributed by atoms with Crippen LogP contribution in [0.3, 0.4) is 0 Å². The molecule has 0 aliphatic rings. The third kappa shape index (κ3) is 3.88. The highest BCUT2D eigenvalue weighted by molar-refractivity contribution is 5.91. The van der Waals surface area contributed by atoms with Crippen LogP contribution in [0.15, 0.2) is 18.5 Å². The van der Waals surface area contributed by atoms with Gasteiger partial charge in [-0.05, 0) is 18.9 Å². The van der Waals surface area contributed by atoms with Crippen molar-refractivity contribution in [2.45, 2.75) is 26.8 Å². The lowest BCUT2D eigenvalue weighted by molar-refractivity contribution is -0.117. The van der Waals surface area contributed by atoms with E-state index in [1.54, 1.807) is 17.0 Å². The fourth-order valence-electron chi connectivity index (χ4n) is 1.14. The molecule has 1 aromatic rings. The second kappa shape index (κ2) is 5.49. The highest BCUT2D eigenvalue weighted by atomic mass is 16.1. The molecule has 0 fully saturated rings. The predicted octanol–water partition coefficient (Wildman–Crippen LogP) is 1.59. The van der Waals surface area contributed by atoms with Gasteiger partial charge in [-0.2, -0.15) is 5.10 Å². The molecule has 0 spiro atoms. The van der Waals surface area contributed by atoms with Crippen molar-refractivity contribution in [1.82, 2.24) is 15.1 Å². The molecular weight excluding hydrogens is 202 g/mol. The molecule has 0 radical (unpaired) electrons.